The Morgan fingerprint density at radius 1 is 1.06 bits per heavy atom. The fourth-order valence-corrected chi connectivity index (χ4v) is 4.93. The zero-order valence-electron chi connectivity index (χ0n) is 18.9. The van der Waals surface area contributed by atoms with Crippen molar-refractivity contribution in [2.45, 2.75) is 25.9 Å². The molecule has 9 heteroatoms. The average molecular weight is 476 g/mol. The number of thioether (sulfide) groups is 1. The number of hydrogen-bond acceptors (Lipinski definition) is 7. The van der Waals surface area contributed by atoms with Gasteiger partial charge in [-0.1, -0.05) is 36.4 Å². The smallest absolute Gasteiger partial charge is 0.283 e. The standard InChI is InChI=1S/C25H25N5O3S/c1-32-21-15-18(10-11-20(21)33-16-17-8-4-2-5-9-17)14-19-22(26)30-24(27-23(19)31)34-25(28-30)29-12-6-3-7-13-29/h2,4-5,8-11,14-15,26H,3,6-7,12-13,16H2,1H3/b19-14-,26-22?. The number of carbonyl (C=O) groups is 1. The van der Waals surface area contributed by atoms with E-state index < -0.39 is 5.91 Å². The summed E-state index contributed by atoms with van der Waals surface area (Å²) in [6.07, 6.45) is 5.12. The van der Waals surface area contributed by atoms with Gasteiger partial charge in [-0.15, -0.1) is 5.10 Å². The van der Waals surface area contributed by atoms with E-state index in [1.165, 1.54) is 23.2 Å². The first-order chi connectivity index (χ1) is 16.6. The van der Waals surface area contributed by atoms with Crippen molar-refractivity contribution in [1.82, 2.24) is 9.91 Å². The molecule has 0 spiro atoms. The minimum absolute atomic E-state index is 0.0258. The molecule has 1 fully saturated rings. The van der Waals surface area contributed by atoms with E-state index in [4.69, 9.17) is 14.9 Å². The summed E-state index contributed by atoms with van der Waals surface area (Å²) in [5.41, 5.74) is 1.95. The number of nitrogens with zero attached hydrogens (tertiary/aromatic N) is 4. The molecule has 3 aliphatic heterocycles. The lowest BCUT2D eigenvalue weighted by molar-refractivity contribution is -0.114. The van der Waals surface area contributed by atoms with Gasteiger partial charge in [0.05, 0.1) is 12.7 Å². The molecule has 0 aromatic heterocycles. The lowest BCUT2D eigenvalue weighted by Crippen LogP contribution is -2.35. The van der Waals surface area contributed by atoms with E-state index in [1.807, 2.05) is 36.4 Å². The average Bonchev–Trinajstić information content (AvgIpc) is 3.31. The lowest BCUT2D eigenvalue weighted by Gasteiger charge is -2.26. The number of hydrazone groups is 1. The van der Waals surface area contributed by atoms with Crippen molar-refractivity contribution < 1.29 is 14.3 Å². The molecule has 1 amide bonds. The largest absolute Gasteiger partial charge is 0.493 e. The number of fused-ring (bicyclic) bond motifs is 1. The zero-order valence-corrected chi connectivity index (χ0v) is 19.7. The molecule has 0 aliphatic carbocycles. The van der Waals surface area contributed by atoms with Gasteiger partial charge in [-0.05, 0) is 60.4 Å². The highest BCUT2D eigenvalue weighted by molar-refractivity contribution is 8.26. The van der Waals surface area contributed by atoms with Crippen LogP contribution in [-0.2, 0) is 11.4 Å². The quantitative estimate of drug-likeness (QED) is 0.647. The van der Waals surface area contributed by atoms with E-state index in [9.17, 15) is 4.79 Å². The molecule has 0 radical (unpaired) electrons. The first-order valence-electron chi connectivity index (χ1n) is 11.2. The van der Waals surface area contributed by atoms with Crippen LogP contribution in [0.5, 0.6) is 11.5 Å². The predicted molar refractivity (Wildman–Crippen MR) is 134 cm³/mol. The lowest BCUT2D eigenvalue weighted by atomic mass is 10.1. The topological polar surface area (TPSA) is 90.6 Å². The summed E-state index contributed by atoms with van der Waals surface area (Å²) in [6, 6.07) is 15.3. The molecule has 0 saturated carbocycles. The molecule has 0 bridgehead atoms. The molecule has 8 nitrogen and oxygen atoms in total. The Hall–Kier alpha value is -3.59. The number of nitrogens with one attached hydrogen (secondary N) is 1. The first kappa shape index (κ1) is 22.2. The summed E-state index contributed by atoms with van der Waals surface area (Å²) in [5, 5.41) is 15.9. The maximum absolute atomic E-state index is 12.8. The third-order valence-corrected chi connectivity index (χ3v) is 6.78. The molecule has 3 heterocycles. The van der Waals surface area contributed by atoms with Crippen molar-refractivity contribution in [2.24, 2.45) is 10.1 Å². The van der Waals surface area contributed by atoms with Gasteiger partial charge < -0.3 is 14.4 Å². The number of amides is 1. The molecule has 34 heavy (non-hydrogen) atoms. The van der Waals surface area contributed by atoms with Crippen LogP contribution in [0, 0.1) is 5.41 Å². The third kappa shape index (κ3) is 4.56. The summed E-state index contributed by atoms with van der Waals surface area (Å²) in [4.78, 5) is 19.2. The molecule has 0 atom stereocenters. The Bertz CT molecular complexity index is 1200. The number of amidine groups is 3. The van der Waals surface area contributed by atoms with Gasteiger partial charge in [0.2, 0.25) is 5.17 Å². The van der Waals surface area contributed by atoms with E-state index in [0.717, 1.165) is 36.7 Å². The van der Waals surface area contributed by atoms with Gasteiger partial charge in [-0.2, -0.15) is 10.0 Å². The number of methoxy groups -OCH3 is 1. The molecule has 1 saturated heterocycles. The number of piperidine rings is 1. The molecule has 2 aromatic carbocycles. The molecular formula is C25H25N5O3S. The van der Waals surface area contributed by atoms with Crippen molar-refractivity contribution in [3.05, 3.63) is 65.2 Å². The number of likely N-dealkylation sites (tertiary alicyclic amines) is 1. The number of aliphatic imine (C=N–C) groups is 1. The normalized spacial score (nSPS) is 19.1. The molecule has 174 valence electrons. The zero-order chi connectivity index (χ0) is 23.5. The highest BCUT2D eigenvalue weighted by Gasteiger charge is 2.37. The summed E-state index contributed by atoms with van der Waals surface area (Å²) < 4.78 is 11.4. The van der Waals surface area contributed by atoms with Crippen molar-refractivity contribution in [1.29, 1.82) is 5.41 Å². The predicted octanol–water partition coefficient (Wildman–Crippen LogP) is 4.34. The van der Waals surface area contributed by atoms with Crippen LogP contribution >= 0.6 is 11.8 Å². The minimum atomic E-state index is -0.442. The monoisotopic (exact) mass is 475 g/mol. The van der Waals surface area contributed by atoms with Crippen LogP contribution in [0.4, 0.5) is 0 Å². The molecule has 5 rings (SSSR count). The van der Waals surface area contributed by atoms with Crippen molar-refractivity contribution >= 4 is 39.9 Å². The molecule has 3 aliphatic rings. The van der Waals surface area contributed by atoms with Crippen molar-refractivity contribution in [3.8, 4) is 11.5 Å². The van der Waals surface area contributed by atoms with Crippen LogP contribution in [0.15, 0.2) is 64.2 Å². The number of rotatable bonds is 5. The van der Waals surface area contributed by atoms with Gasteiger partial charge in [-0.25, -0.2) is 0 Å². The summed E-state index contributed by atoms with van der Waals surface area (Å²) in [6.45, 7) is 2.30. The van der Waals surface area contributed by atoms with Gasteiger partial charge >= 0.3 is 0 Å². The Morgan fingerprint density at radius 2 is 1.85 bits per heavy atom. The first-order valence-corrected chi connectivity index (χ1v) is 12.0. The van der Waals surface area contributed by atoms with Gasteiger partial charge in [0.1, 0.15) is 6.61 Å². The number of benzene rings is 2. The van der Waals surface area contributed by atoms with Gasteiger partial charge in [0.25, 0.3) is 5.91 Å². The third-order valence-electron chi connectivity index (χ3n) is 5.81. The second-order valence-corrected chi connectivity index (χ2v) is 9.07. The molecule has 1 N–H and O–H groups in total. The van der Waals surface area contributed by atoms with Crippen LogP contribution in [0.2, 0.25) is 0 Å². The fraction of sp³-hybridized carbons (Fsp3) is 0.280. The minimum Gasteiger partial charge on any atom is -0.493 e. The molecular weight excluding hydrogens is 450 g/mol. The van der Waals surface area contributed by atoms with E-state index in [1.54, 1.807) is 25.3 Å². The van der Waals surface area contributed by atoms with E-state index in [2.05, 4.69) is 15.0 Å². The Kier molecular flexibility index (Phi) is 6.35. The SMILES string of the molecule is COc1cc(/C=C2/C(=N)N3N=C(N4CCCCC4)SC3=NC2=O)ccc1OCc1ccccc1. The number of carbonyl (C=O) groups excluding carboxylic acids is 1. The highest BCUT2D eigenvalue weighted by atomic mass is 32.2. The van der Waals surface area contributed by atoms with E-state index in [-0.39, 0.29) is 11.4 Å². The van der Waals surface area contributed by atoms with Crippen LogP contribution in [0.1, 0.15) is 30.4 Å². The Labute approximate surface area is 202 Å². The van der Waals surface area contributed by atoms with Gasteiger partial charge in [0.15, 0.2) is 22.5 Å². The number of ether oxygens (including phenoxy) is 2. The van der Waals surface area contributed by atoms with Gasteiger partial charge in [0, 0.05) is 13.1 Å². The van der Waals surface area contributed by atoms with Crippen LogP contribution < -0.4 is 9.47 Å². The Balaban J connectivity index is 1.35. The summed E-state index contributed by atoms with van der Waals surface area (Å²) >= 11 is 1.36. The van der Waals surface area contributed by atoms with E-state index in [0.29, 0.717) is 28.8 Å². The molecule has 0 unspecified atom stereocenters. The van der Waals surface area contributed by atoms with Crippen molar-refractivity contribution in [3.63, 3.8) is 0 Å². The fourth-order valence-electron chi connectivity index (χ4n) is 3.99. The summed E-state index contributed by atoms with van der Waals surface area (Å²) in [5.74, 6) is 0.733. The molecule has 2 aromatic rings. The summed E-state index contributed by atoms with van der Waals surface area (Å²) in [7, 11) is 1.57. The Morgan fingerprint density at radius 3 is 2.62 bits per heavy atom. The van der Waals surface area contributed by atoms with Gasteiger partial charge in [-0.3, -0.25) is 10.2 Å². The second-order valence-electron chi connectivity index (χ2n) is 8.13. The number of hydrogen-bond donors (Lipinski definition) is 1. The second kappa shape index (κ2) is 9.72. The van der Waals surface area contributed by atoms with Crippen molar-refractivity contribution in [2.75, 3.05) is 20.2 Å². The highest BCUT2D eigenvalue weighted by Crippen LogP contribution is 2.33. The van der Waals surface area contributed by atoms with E-state index >= 15 is 0 Å². The van der Waals surface area contributed by atoms with Crippen LogP contribution in [-0.4, -0.2) is 52.2 Å². The maximum Gasteiger partial charge on any atom is 0.283 e. The van der Waals surface area contributed by atoms with Crippen LogP contribution in [0.3, 0.4) is 0 Å². The maximum atomic E-state index is 12.8. The van der Waals surface area contributed by atoms with Crippen LogP contribution in [0.25, 0.3) is 6.08 Å².